The molecule has 2 aliphatic rings. The van der Waals surface area contributed by atoms with Crippen LogP contribution in [0.4, 0.5) is 0 Å². The standard InChI is InChI=1S/2C5H11N.2ClH/c2*1-4-2-3-5(4)6;;/h2*4-5H,2-3,6H2,1H3;2*1H/t2*4-,5-;;/m10../s1. The van der Waals surface area contributed by atoms with Crippen molar-refractivity contribution < 1.29 is 0 Å². The van der Waals surface area contributed by atoms with Gasteiger partial charge < -0.3 is 11.5 Å². The third-order valence-electron chi connectivity index (χ3n) is 3.37. The first-order valence-electron chi connectivity index (χ1n) is 5.12. The third kappa shape index (κ3) is 4.83. The second-order valence-electron chi connectivity index (χ2n) is 4.44. The van der Waals surface area contributed by atoms with Crippen molar-refractivity contribution >= 4 is 24.8 Å². The zero-order valence-corrected chi connectivity index (χ0v) is 10.7. The molecule has 4 heteroatoms. The Bertz CT molecular complexity index is 112. The highest BCUT2D eigenvalue weighted by atomic mass is 35.5. The van der Waals surface area contributed by atoms with E-state index < -0.39 is 0 Å². The summed E-state index contributed by atoms with van der Waals surface area (Å²) >= 11 is 0. The molecule has 0 saturated heterocycles. The molecule has 0 aromatic rings. The Balaban J connectivity index is 0. The number of hydrogen-bond donors (Lipinski definition) is 2. The van der Waals surface area contributed by atoms with Gasteiger partial charge in [-0.3, -0.25) is 0 Å². The van der Waals surface area contributed by atoms with Gasteiger partial charge in [-0.05, 0) is 37.5 Å². The average Bonchev–Trinajstić information content (AvgIpc) is 2.12. The largest absolute Gasteiger partial charge is 0.327 e. The fourth-order valence-electron chi connectivity index (χ4n) is 1.38. The molecule has 0 spiro atoms. The molecule has 0 bridgehead atoms. The Morgan fingerprint density at radius 1 is 0.714 bits per heavy atom. The summed E-state index contributed by atoms with van der Waals surface area (Å²) in [6, 6.07) is 1.06. The van der Waals surface area contributed by atoms with Gasteiger partial charge in [0, 0.05) is 12.1 Å². The Kier molecular flexibility index (Phi) is 9.36. The minimum atomic E-state index is 0. The lowest BCUT2D eigenvalue weighted by atomic mass is 9.82. The van der Waals surface area contributed by atoms with E-state index in [1.807, 2.05) is 0 Å². The molecule has 4 N–H and O–H groups in total. The van der Waals surface area contributed by atoms with E-state index >= 15 is 0 Å². The van der Waals surface area contributed by atoms with Gasteiger partial charge in [0.1, 0.15) is 0 Å². The molecule has 2 saturated carbocycles. The van der Waals surface area contributed by atoms with E-state index in [-0.39, 0.29) is 24.8 Å². The van der Waals surface area contributed by atoms with E-state index in [1.165, 1.54) is 25.7 Å². The topological polar surface area (TPSA) is 52.0 Å². The van der Waals surface area contributed by atoms with Gasteiger partial charge in [0.05, 0.1) is 0 Å². The van der Waals surface area contributed by atoms with Gasteiger partial charge in [-0.2, -0.15) is 0 Å². The summed E-state index contributed by atoms with van der Waals surface area (Å²) in [6.45, 7) is 4.41. The van der Waals surface area contributed by atoms with Crippen molar-refractivity contribution in [2.24, 2.45) is 23.3 Å². The molecule has 0 aromatic carbocycles. The molecule has 0 heterocycles. The maximum atomic E-state index is 5.52. The summed E-state index contributed by atoms with van der Waals surface area (Å²) in [4.78, 5) is 0. The molecule has 88 valence electrons. The lowest BCUT2D eigenvalue weighted by Crippen LogP contribution is -2.37. The fourth-order valence-corrected chi connectivity index (χ4v) is 1.38. The van der Waals surface area contributed by atoms with Crippen LogP contribution in [0.2, 0.25) is 0 Å². The maximum absolute atomic E-state index is 5.52. The van der Waals surface area contributed by atoms with Crippen LogP contribution in [0.25, 0.3) is 0 Å². The maximum Gasteiger partial charge on any atom is 0.00646 e. The number of nitrogens with two attached hydrogens (primary N) is 2. The summed E-state index contributed by atoms with van der Waals surface area (Å²) in [5, 5.41) is 0. The van der Waals surface area contributed by atoms with E-state index in [4.69, 9.17) is 11.5 Å². The van der Waals surface area contributed by atoms with Crippen LogP contribution in [-0.4, -0.2) is 12.1 Å². The number of rotatable bonds is 0. The molecule has 14 heavy (non-hydrogen) atoms. The Hall–Kier alpha value is 0.500. The highest BCUT2D eigenvalue weighted by Gasteiger charge is 2.21. The van der Waals surface area contributed by atoms with E-state index in [2.05, 4.69) is 13.8 Å². The van der Waals surface area contributed by atoms with Crippen molar-refractivity contribution in [3.8, 4) is 0 Å². The molecule has 0 aliphatic heterocycles. The summed E-state index contributed by atoms with van der Waals surface area (Å²) in [7, 11) is 0. The lowest BCUT2D eigenvalue weighted by molar-refractivity contribution is 0.282. The Morgan fingerprint density at radius 2 is 0.929 bits per heavy atom. The predicted octanol–water partition coefficient (Wildman–Crippen LogP) is 2.33. The van der Waals surface area contributed by atoms with Crippen molar-refractivity contribution in [3.05, 3.63) is 0 Å². The van der Waals surface area contributed by atoms with Crippen LogP contribution in [0.15, 0.2) is 0 Å². The van der Waals surface area contributed by atoms with Crippen LogP contribution < -0.4 is 11.5 Å². The lowest BCUT2D eigenvalue weighted by Gasteiger charge is -2.29. The normalized spacial score (nSPS) is 38.6. The molecule has 2 nitrogen and oxygen atoms in total. The average molecular weight is 243 g/mol. The smallest absolute Gasteiger partial charge is 0.00646 e. The van der Waals surface area contributed by atoms with Crippen molar-refractivity contribution in [1.29, 1.82) is 0 Å². The van der Waals surface area contributed by atoms with Gasteiger partial charge in [0.15, 0.2) is 0 Å². The molecular weight excluding hydrogens is 219 g/mol. The number of hydrogen-bond acceptors (Lipinski definition) is 2. The zero-order valence-electron chi connectivity index (χ0n) is 9.11. The van der Waals surface area contributed by atoms with E-state index in [0.29, 0.717) is 12.1 Å². The van der Waals surface area contributed by atoms with E-state index in [0.717, 1.165) is 11.8 Å². The molecular formula is C10H24Cl2N2. The molecule has 4 atom stereocenters. The molecule has 0 aromatic heterocycles. The summed E-state index contributed by atoms with van der Waals surface area (Å²) in [5.41, 5.74) is 11.0. The van der Waals surface area contributed by atoms with Crippen molar-refractivity contribution in [2.75, 3.05) is 0 Å². The second kappa shape index (κ2) is 7.75. The first kappa shape index (κ1) is 16.9. The quantitative estimate of drug-likeness (QED) is 0.686. The molecule has 0 unspecified atom stereocenters. The van der Waals surface area contributed by atoms with Crippen LogP contribution >= 0.6 is 24.8 Å². The third-order valence-corrected chi connectivity index (χ3v) is 3.37. The SMILES string of the molecule is C[C@@H]1CC[C@H]1N.C[C@H]1CC[C@@H]1N.Cl.Cl. The van der Waals surface area contributed by atoms with E-state index in [1.54, 1.807) is 0 Å². The number of halogens is 2. The van der Waals surface area contributed by atoms with Gasteiger partial charge in [0.2, 0.25) is 0 Å². The summed E-state index contributed by atoms with van der Waals surface area (Å²) in [6.07, 6.45) is 5.20. The monoisotopic (exact) mass is 242 g/mol. The minimum Gasteiger partial charge on any atom is -0.327 e. The summed E-state index contributed by atoms with van der Waals surface area (Å²) in [5.74, 6) is 1.62. The zero-order chi connectivity index (χ0) is 9.14. The van der Waals surface area contributed by atoms with Gasteiger partial charge in [-0.25, -0.2) is 0 Å². The molecule has 2 rings (SSSR count). The molecule has 0 radical (unpaired) electrons. The molecule has 2 fully saturated rings. The highest BCUT2D eigenvalue weighted by Crippen LogP contribution is 2.24. The van der Waals surface area contributed by atoms with Gasteiger partial charge >= 0.3 is 0 Å². The van der Waals surface area contributed by atoms with Crippen LogP contribution in [0, 0.1) is 11.8 Å². The van der Waals surface area contributed by atoms with Crippen LogP contribution in [0.5, 0.6) is 0 Å². The van der Waals surface area contributed by atoms with Crippen molar-refractivity contribution in [2.45, 2.75) is 51.6 Å². The van der Waals surface area contributed by atoms with Crippen LogP contribution in [0.3, 0.4) is 0 Å². The van der Waals surface area contributed by atoms with Crippen LogP contribution in [0.1, 0.15) is 39.5 Å². The van der Waals surface area contributed by atoms with Gasteiger partial charge in [-0.15, -0.1) is 24.8 Å². The second-order valence-corrected chi connectivity index (χ2v) is 4.44. The Morgan fingerprint density at radius 3 is 0.929 bits per heavy atom. The molecule has 0 amide bonds. The van der Waals surface area contributed by atoms with Crippen molar-refractivity contribution in [3.63, 3.8) is 0 Å². The van der Waals surface area contributed by atoms with Gasteiger partial charge in [-0.1, -0.05) is 13.8 Å². The summed E-state index contributed by atoms with van der Waals surface area (Å²) < 4.78 is 0. The van der Waals surface area contributed by atoms with Crippen molar-refractivity contribution in [1.82, 2.24) is 0 Å². The van der Waals surface area contributed by atoms with E-state index in [9.17, 15) is 0 Å². The first-order valence-corrected chi connectivity index (χ1v) is 5.12. The van der Waals surface area contributed by atoms with Gasteiger partial charge in [0.25, 0.3) is 0 Å². The predicted molar refractivity (Wildman–Crippen MR) is 67.2 cm³/mol. The Labute approximate surface area is 100 Å². The fraction of sp³-hybridized carbons (Fsp3) is 1.00. The first-order chi connectivity index (χ1) is 5.61. The van der Waals surface area contributed by atoms with Crippen LogP contribution in [-0.2, 0) is 0 Å². The molecule has 2 aliphatic carbocycles. The highest BCUT2D eigenvalue weighted by molar-refractivity contribution is 5.85. The minimum absolute atomic E-state index is 0.